The van der Waals surface area contributed by atoms with Crippen LogP contribution in [0.25, 0.3) is 0 Å². The lowest BCUT2D eigenvalue weighted by Crippen LogP contribution is -2.32. The molecule has 2 N–H and O–H groups in total. The monoisotopic (exact) mass is 253 g/mol. The second-order valence-corrected chi connectivity index (χ2v) is 4.55. The second kappa shape index (κ2) is 5.02. The number of nitrogens with one attached hydrogen (secondary N) is 1. The van der Waals surface area contributed by atoms with Crippen LogP contribution in [0.4, 0.5) is 5.82 Å². The molecule has 90 valence electrons. The van der Waals surface area contributed by atoms with Crippen LogP contribution >= 0.6 is 11.6 Å². The number of nitriles is 1. The van der Waals surface area contributed by atoms with Crippen LogP contribution in [0, 0.1) is 16.7 Å². The number of aromatic nitrogens is 1. The van der Waals surface area contributed by atoms with Gasteiger partial charge in [-0.2, -0.15) is 5.26 Å². The fourth-order valence-corrected chi connectivity index (χ4v) is 1.25. The molecule has 0 unspecified atom stereocenters. The number of rotatable bonds is 4. The van der Waals surface area contributed by atoms with Gasteiger partial charge in [0, 0.05) is 12.7 Å². The molecule has 0 aliphatic rings. The van der Waals surface area contributed by atoms with Crippen molar-refractivity contribution >= 4 is 23.4 Å². The van der Waals surface area contributed by atoms with E-state index in [1.807, 2.05) is 6.07 Å². The molecule has 1 heterocycles. The van der Waals surface area contributed by atoms with E-state index in [1.54, 1.807) is 13.8 Å². The maximum absolute atomic E-state index is 10.9. The summed E-state index contributed by atoms with van der Waals surface area (Å²) in [6, 6.07) is 3.42. The van der Waals surface area contributed by atoms with E-state index in [1.165, 1.54) is 12.3 Å². The molecule has 0 atom stereocenters. The molecule has 1 aromatic rings. The van der Waals surface area contributed by atoms with Gasteiger partial charge < -0.3 is 10.4 Å². The Labute approximate surface area is 104 Å². The Morgan fingerprint density at radius 2 is 2.35 bits per heavy atom. The highest BCUT2D eigenvalue weighted by atomic mass is 35.5. The molecule has 0 aliphatic carbocycles. The fourth-order valence-electron chi connectivity index (χ4n) is 1.03. The quantitative estimate of drug-likeness (QED) is 0.858. The van der Waals surface area contributed by atoms with Crippen molar-refractivity contribution < 1.29 is 9.90 Å². The number of hydrogen-bond acceptors (Lipinski definition) is 4. The van der Waals surface area contributed by atoms with Crippen molar-refractivity contribution in [3.8, 4) is 6.07 Å². The van der Waals surface area contributed by atoms with Crippen molar-refractivity contribution in [1.29, 1.82) is 5.26 Å². The molecule has 0 fully saturated rings. The van der Waals surface area contributed by atoms with Crippen molar-refractivity contribution in [2.45, 2.75) is 13.8 Å². The molecule has 0 aliphatic heterocycles. The van der Waals surface area contributed by atoms with Crippen LogP contribution in [0.2, 0.25) is 5.02 Å². The molecular weight excluding hydrogens is 242 g/mol. The summed E-state index contributed by atoms with van der Waals surface area (Å²) in [5, 5.41) is 20.8. The van der Waals surface area contributed by atoms with Crippen molar-refractivity contribution in [3.63, 3.8) is 0 Å². The van der Waals surface area contributed by atoms with Crippen molar-refractivity contribution in [2.75, 3.05) is 11.9 Å². The van der Waals surface area contributed by atoms with Crippen LogP contribution in [-0.2, 0) is 4.79 Å². The Bertz CT molecular complexity index is 480. The van der Waals surface area contributed by atoms with Gasteiger partial charge in [0.15, 0.2) is 0 Å². The average molecular weight is 254 g/mol. The molecular formula is C11H12ClN3O2. The van der Waals surface area contributed by atoms with E-state index in [4.69, 9.17) is 22.0 Å². The Balaban J connectivity index is 2.84. The number of aliphatic carboxylic acids is 1. The summed E-state index contributed by atoms with van der Waals surface area (Å²) < 4.78 is 0. The normalized spacial score (nSPS) is 10.7. The lowest BCUT2D eigenvalue weighted by atomic mass is 9.94. The van der Waals surface area contributed by atoms with Crippen molar-refractivity contribution in [1.82, 2.24) is 4.98 Å². The van der Waals surface area contributed by atoms with Gasteiger partial charge in [-0.1, -0.05) is 11.6 Å². The maximum Gasteiger partial charge on any atom is 0.310 e. The van der Waals surface area contributed by atoms with Crippen LogP contribution in [-0.4, -0.2) is 22.6 Å². The third-order valence-electron chi connectivity index (χ3n) is 2.29. The fraction of sp³-hybridized carbons (Fsp3) is 0.364. The van der Waals surface area contributed by atoms with Gasteiger partial charge in [-0.15, -0.1) is 0 Å². The molecule has 0 saturated carbocycles. The molecule has 0 amide bonds. The Kier molecular flexibility index (Phi) is 3.92. The van der Waals surface area contributed by atoms with E-state index in [0.29, 0.717) is 11.4 Å². The zero-order chi connectivity index (χ0) is 13.1. The minimum Gasteiger partial charge on any atom is -0.481 e. The summed E-state index contributed by atoms with van der Waals surface area (Å²) >= 11 is 5.92. The molecule has 0 radical (unpaired) electrons. The maximum atomic E-state index is 10.9. The third kappa shape index (κ3) is 3.08. The molecule has 0 spiro atoms. The summed E-state index contributed by atoms with van der Waals surface area (Å²) in [7, 11) is 0. The first kappa shape index (κ1) is 13.3. The smallest absolute Gasteiger partial charge is 0.310 e. The summed E-state index contributed by atoms with van der Waals surface area (Å²) in [5.74, 6) is -0.599. The topological polar surface area (TPSA) is 86.0 Å². The number of anilines is 1. The molecule has 0 saturated heterocycles. The number of carbonyl (C=O) groups is 1. The van der Waals surface area contributed by atoms with E-state index >= 15 is 0 Å². The Morgan fingerprint density at radius 1 is 1.71 bits per heavy atom. The van der Waals surface area contributed by atoms with E-state index < -0.39 is 11.4 Å². The standard InChI is InChI=1S/C11H12ClN3O2/c1-11(2,10(16)17)6-15-9-8(12)7(5-13)3-4-14-9/h3-4H,6H2,1-2H3,(H,14,15)(H,16,17). The zero-order valence-corrected chi connectivity index (χ0v) is 10.2. The first-order valence-corrected chi connectivity index (χ1v) is 5.28. The van der Waals surface area contributed by atoms with Gasteiger partial charge in [-0.05, 0) is 19.9 Å². The molecule has 1 aromatic heterocycles. The molecule has 0 bridgehead atoms. The lowest BCUT2D eigenvalue weighted by molar-refractivity contribution is -0.146. The second-order valence-electron chi connectivity index (χ2n) is 4.18. The van der Waals surface area contributed by atoms with E-state index in [0.717, 1.165) is 0 Å². The van der Waals surface area contributed by atoms with Crippen LogP contribution in [0.5, 0.6) is 0 Å². The van der Waals surface area contributed by atoms with Gasteiger partial charge >= 0.3 is 5.97 Å². The van der Waals surface area contributed by atoms with E-state index in [2.05, 4.69) is 10.3 Å². The highest BCUT2D eigenvalue weighted by molar-refractivity contribution is 6.34. The van der Waals surface area contributed by atoms with Gasteiger partial charge in [0.05, 0.1) is 11.0 Å². The van der Waals surface area contributed by atoms with Crippen LogP contribution in [0.3, 0.4) is 0 Å². The molecule has 1 rings (SSSR count). The number of carboxylic acids is 1. The minimum absolute atomic E-state index is 0.171. The SMILES string of the molecule is CC(C)(CNc1nccc(C#N)c1Cl)C(=O)O. The number of nitrogens with zero attached hydrogens (tertiary/aromatic N) is 2. The summed E-state index contributed by atoms with van der Waals surface area (Å²) in [5.41, 5.74) is -0.634. The van der Waals surface area contributed by atoms with E-state index in [-0.39, 0.29) is 11.6 Å². The minimum atomic E-state index is -0.937. The molecule has 5 nitrogen and oxygen atoms in total. The summed E-state index contributed by atoms with van der Waals surface area (Å²) in [6.07, 6.45) is 1.44. The highest BCUT2D eigenvalue weighted by Crippen LogP contribution is 2.24. The number of hydrogen-bond donors (Lipinski definition) is 2. The summed E-state index contributed by atoms with van der Waals surface area (Å²) in [6.45, 7) is 3.35. The molecule has 6 heteroatoms. The zero-order valence-electron chi connectivity index (χ0n) is 9.49. The van der Waals surface area contributed by atoms with Crippen molar-refractivity contribution in [2.24, 2.45) is 5.41 Å². The number of carboxylic acid groups (broad SMARTS) is 1. The average Bonchev–Trinajstić information content (AvgIpc) is 2.27. The van der Waals surface area contributed by atoms with Gasteiger partial charge in [0.1, 0.15) is 16.9 Å². The van der Waals surface area contributed by atoms with Gasteiger partial charge in [0.2, 0.25) is 0 Å². The lowest BCUT2D eigenvalue weighted by Gasteiger charge is -2.20. The molecule has 0 aromatic carbocycles. The Morgan fingerprint density at radius 3 is 2.88 bits per heavy atom. The highest BCUT2D eigenvalue weighted by Gasteiger charge is 2.27. The third-order valence-corrected chi connectivity index (χ3v) is 2.67. The van der Waals surface area contributed by atoms with Crippen molar-refractivity contribution in [3.05, 3.63) is 22.8 Å². The Hall–Kier alpha value is -1.80. The van der Waals surface area contributed by atoms with E-state index in [9.17, 15) is 4.79 Å². The van der Waals surface area contributed by atoms with Gasteiger partial charge in [-0.3, -0.25) is 4.79 Å². The van der Waals surface area contributed by atoms with Gasteiger partial charge in [0.25, 0.3) is 0 Å². The van der Waals surface area contributed by atoms with Crippen LogP contribution < -0.4 is 5.32 Å². The largest absolute Gasteiger partial charge is 0.481 e. The summed E-state index contributed by atoms with van der Waals surface area (Å²) in [4.78, 5) is 14.9. The number of halogens is 1. The first-order chi connectivity index (χ1) is 7.88. The predicted molar refractivity (Wildman–Crippen MR) is 63.9 cm³/mol. The van der Waals surface area contributed by atoms with Crippen LogP contribution in [0.1, 0.15) is 19.4 Å². The van der Waals surface area contributed by atoms with Gasteiger partial charge in [-0.25, -0.2) is 4.98 Å². The predicted octanol–water partition coefficient (Wildman–Crippen LogP) is 2.13. The molecule has 17 heavy (non-hydrogen) atoms. The van der Waals surface area contributed by atoms with Crippen LogP contribution in [0.15, 0.2) is 12.3 Å². The first-order valence-electron chi connectivity index (χ1n) is 4.90. The number of pyridine rings is 1.